The lowest BCUT2D eigenvalue weighted by Crippen LogP contribution is -2.28. The number of nitrogens with zero attached hydrogens (tertiary/aromatic N) is 1. The highest BCUT2D eigenvalue weighted by Gasteiger charge is 2.34. The number of methoxy groups -OCH3 is 2. The Bertz CT molecular complexity index is 1110. The number of alkyl halides is 3. The zero-order valence-corrected chi connectivity index (χ0v) is 18.7. The van der Waals surface area contributed by atoms with Crippen molar-refractivity contribution in [1.82, 2.24) is 4.90 Å². The molecule has 182 valence electrons. The number of cyclic esters (lactones) is 1. The average Bonchev–Trinajstić information content (AvgIpc) is 3.20. The standard InChI is InChI=1S/C24H23F4NO5/c1-14-9-15(10-19(21(14)32-2)22(30)33-3)5-4-6-20(29-7-8-34-23(29)31)16-11-17(24(26,27)28)13-18(25)12-16/h4,6,9-13,20H,5,7-8H2,1-3H3/b6-4+. The molecule has 10 heteroatoms. The summed E-state index contributed by atoms with van der Waals surface area (Å²) in [5, 5.41) is 0. The number of rotatable bonds is 7. The highest BCUT2D eigenvalue weighted by molar-refractivity contribution is 5.93. The van der Waals surface area contributed by atoms with Gasteiger partial charge in [-0.05, 0) is 54.3 Å². The lowest BCUT2D eigenvalue weighted by Gasteiger charge is -2.24. The van der Waals surface area contributed by atoms with Gasteiger partial charge in [-0.15, -0.1) is 0 Å². The van der Waals surface area contributed by atoms with Gasteiger partial charge in [-0.2, -0.15) is 13.2 Å². The van der Waals surface area contributed by atoms with Crippen molar-refractivity contribution in [3.63, 3.8) is 0 Å². The van der Waals surface area contributed by atoms with E-state index in [0.717, 1.165) is 12.1 Å². The van der Waals surface area contributed by atoms with Gasteiger partial charge in [0.1, 0.15) is 23.7 Å². The minimum absolute atomic E-state index is 0.0383. The molecule has 1 fully saturated rings. The van der Waals surface area contributed by atoms with Gasteiger partial charge < -0.3 is 14.2 Å². The van der Waals surface area contributed by atoms with E-state index in [1.807, 2.05) is 0 Å². The Kier molecular flexibility index (Phi) is 7.48. The minimum atomic E-state index is -4.75. The number of allylic oxidation sites excluding steroid dienone is 1. The van der Waals surface area contributed by atoms with Crippen LogP contribution in [0.25, 0.3) is 0 Å². The monoisotopic (exact) mass is 481 g/mol. The average molecular weight is 481 g/mol. The van der Waals surface area contributed by atoms with Crippen molar-refractivity contribution < 1.29 is 41.4 Å². The van der Waals surface area contributed by atoms with E-state index in [2.05, 4.69) is 0 Å². The zero-order valence-electron chi connectivity index (χ0n) is 18.7. The number of benzene rings is 2. The molecule has 1 aliphatic rings. The van der Waals surface area contributed by atoms with Crippen LogP contribution in [-0.2, 0) is 22.1 Å². The fourth-order valence-corrected chi connectivity index (χ4v) is 3.83. The number of aryl methyl sites for hydroxylation is 1. The smallest absolute Gasteiger partial charge is 0.416 e. The lowest BCUT2D eigenvalue weighted by atomic mass is 9.99. The van der Waals surface area contributed by atoms with Crippen LogP contribution in [0.4, 0.5) is 22.4 Å². The van der Waals surface area contributed by atoms with Crippen molar-refractivity contribution >= 4 is 12.1 Å². The van der Waals surface area contributed by atoms with Gasteiger partial charge in [-0.3, -0.25) is 4.90 Å². The maximum atomic E-state index is 14.0. The van der Waals surface area contributed by atoms with Crippen LogP contribution in [0.1, 0.15) is 38.7 Å². The number of esters is 1. The summed E-state index contributed by atoms with van der Waals surface area (Å²) >= 11 is 0. The predicted molar refractivity (Wildman–Crippen MR) is 114 cm³/mol. The molecule has 0 bridgehead atoms. The van der Waals surface area contributed by atoms with Crippen molar-refractivity contribution in [1.29, 1.82) is 0 Å². The molecule has 34 heavy (non-hydrogen) atoms. The number of carbonyl (C=O) groups is 2. The van der Waals surface area contributed by atoms with Crippen molar-refractivity contribution in [3.05, 3.63) is 76.1 Å². The Morgan fingerprint density at radius 1 is 1.21 bits per heavy atom. The summed E-state index contributed by atoms with van der Waals surface area (Å²) in [6, 6.07) is 4.58. The molecular weight excluding hydrogens is 458 g/mol. The molecule has 0 saturated carbocycles. The zero-order chi connectivity index (χ0) is 25.0. The van der Waals surface area contributed by atoms with Gasteiger partial charge in [0, 0.05) is 0 Å². The van der Waals surface area contributed by atoms with Gasteiger partial charge >= 0.3 is 18.2 Å². The number of halogens is 4. The van der Waals surface area contributed by atoms with E-state index < -0.39 is 35.7 Å². The van der Waals surface area contributed by atoms with E-state index >= 15 is 0 Å². The molecule has 0 aliphatic carbocycles. The first kappa shape index (κ1) is 25.1. The van der Waals surface area contributed by atoms with Gasteiger partial charge in [0.2, 0.25) is 0 Å². The van der Waals surface area contributed by atoms with E-state index in [-0.39, 0.29) is 30.7 Å². The third-order valence-corrected chi connectivity index (χ3v) is 5.33. The number of carbonyl (C=O) groups excluding carboxylic acids is 2. The molecule has 1 heterocycles. The van der Waals surface area contributed by atoms with Crippen molar-refractivity contribution in [3.8, 4) is 5.75 Å². The highest BCUT2D eigenvalue weighted by Crippen LogP contribution is 2.34. The van der Waals surface area contributed by atoms with E-state index in [9.17, 15) is 27.2 Å². The molecule has 1 atom stereocenters. The molecule has 0 N–H and O–H groups in total. The largest absolute Gasteiger partial charge is 0.496 e. The maximum absolute atomic E-state index is 14.0. The SMILES string of the molecule is COC(=O)c1cc(C/C=C/C(c2cc(F)cc(C(F)(F)F)c2)N2CCOC2=O)cc(C)c1OC. The second kappa shape index (κ2) is 10.1. The van der Waals surface area contributed by atoms with Gasteiger partial charge in [0.15, 0.2) is 0 Å². The van der Waals surface area contributed by atoms with Crippen LogP contribution in [0.2, 0.25) is 0 Å². The highest BCUT2D eigenvalue weighted by atomic mass is 19.4. The molecular formula is C24H23F4NO5. The lowest BCUT2D eigenvalue weighted by molar-refractivity contribution is -0.137. The molecule has 0 spiro atoms. The summed E-state index contributed by atoms with van der Waals surface area (Å²) in [5.74, 6) is -1.27. The Morgan fingerprint density at radius 3 is 2.53 bits per heavy atom. The first-order chi connectivity index (χ1) is 16.0. The quantitative estimate of drug-likeness (QED) is 0.308. The summed E-state index contributed by atoms with van der Waals surface area (Å²) in [6.07, 6.45) is -2.03. The summed E-state index contributed by atoms with van der Waals surface area (Å²) in [7, 11) is 2.68. The van der Waals surface area contributed by atoms with Gasteiger partial charge in [-0.25, -0.2) is 14.0 Å². The van der Waals surface area contributed by atoms with Crippen LogP contribution in [0.5, 0.6) is 5.75 Å². The minimum Gasteiger partial charge on any atom is -0.496 e. The summed E-state index contributed by atoms with van der Waals surface area (Å²) in [6.45, 7) is 1.97. The topological polar surface area (TPSA) is 65.1 Å². The third kappa shape index (κ3) is 5.49. The molecule has 1 saturated heterocycles. The normalized spacial score (nSPS) is 14.9. The van der Waals surface area contributed by atoms with E-state index in [0.29, 0.717) is 22.9 Å². The van der Waals surface area contributed by atoms with Gasteiger partial charge in [-0.1, -0.05) is 18.2 Å². The van der Waals surface area contributed by atoms with Crippen molar-refractivity contribution in [2.45, 2.75) is 25.6 Å². The van der Waals surface area contributed by atoms with Gasteiger partial charge in [0.25, 0.3) is 0 Å². The van der Waals surface area contributed by atoms with E-state index in [1.165, 1.54) is 25.2 Å². The fourth-order valence-electron chi connectivity index (χ4n) is 3.83. The fraction of sp³-hybridized carbons (Fsp3) is 0.333. The molecule has 0 aromatic heterocycles. The Balaban J connectivity index is 1.96. The molecule has 0 radical (unpaired) electrons. The Hall–Kier alpha value is -3.56. The number of hydrogen-bond acceptors (Lipinski definition) is 5. The van der Waals surface area contributed by atoms with Crippen LogP contribution in [-0.4, -0.2) is 44.3 Å². The molecule has 3 rings (SSSR count). The van der Waals surface area contributed by atoms with Crippen molar-refractivity contribution in [2.24, 2.45) is 0 Å². The molecule has 1 aliphatic heterocycles. The Labute approximate surface area is 193 Å². The maximum Gasteiger partial charge on any atom is 0.416 e. The summed E-state index contributed by atoms with van der Waals surface area (Å²) < 4.78 is 68.7. The van der Waals surface area contributed by atoms with Gasteiger partial charge in [0.05, 0.1) is 32.4 Å². The second-order valence-corrected chi connectivity index (χ2v) is 7.64. The molecule has 6 nitrogen and oxygen atoms in total. The van der Waals surface area contributed by atoms with E-state index in [4.69, 9.17) is 14.2 Å². The van der Waals surface area contributed by atoms with E-state index in [1.54, 1.807) is 25.1 Å². The van der Waals surface area contributed by atoms with Crippen LogP contribution >= 0.6 is 0 Å². The Morgan fingerprint density at radius 2 is 1.94 bits per heavy atom. The molecule has 2 aromatic rings. The molecule has 2 aromatic carbocycles. The van der Waals surface area contributed by atoms with Crippen LogP contribution in [0.3, 0.4) is 0 Å². The molecule has 1 unspecified atom stereocenters. The first-order valence-electron chi connectivity index (χ1n) is 10.3. The number of amides is 1. The van der Waals surface area contributed by atoms with Crippen LogP contribution < -0.4 is 4.74 Å². The molecule has 1 amide bonds. The third-order valence-electron chi connectivity index (χ3n) is 5.33. The number of hydrogen-bond donors (Lipinski definition) is 0. The van der Waals surface area contributed by atoms with Crippen molar-refractivity contribution in [2.75, 3.05) is 27.4 Å². The second-order valence-electron chi connectivity index (χ2n) is 7.64. The first-order valence-corrected chi connectivity index (χ1v) is 10.3. The van der Waals surface area contributed by atoms with Crippen LogP contribution in [0, 0.1) is 12.7 Å². The number of ether oxygens (including phenoxy) is 3. The van der Waals surface area contributed by atoms with Crippen LogP contribution in [0.15, 0.2) is 42.5 Å². The predicted octanol–water partition coefficient (Wildman–Crippen LogP) is 5.24. The summed E-state index contributed by atoms with van der Waals surface area (Å²) in [4.78, 5) is 25.5. The summed E-state index contributed by atoms with van der Waals surface area (Å²) in [5.41, 5.74) is 0.430.